The highest BCUT2D eigenvalue weighted by atomic mass is 15.2. The lowest BCUT2D eigenvalue weighted by atomic mass is 10.0. The van der Waals surface area contributed by atoms with Crippen LogP contribution in [0.15, 0.2) is 48.7 Å². The summed E-state index contributed by atoms with van der Waals surface area (Å²) in [5.41, 5.74) is 3.59. The minimum absolute atomic E-state index is 0.383. The fourth-order valence-corrected chi connectivity index (χ4v) is 4.94. The van der Waals surface area contributed by atoms with Crippen molar-refractivity contribution in [2.45, 2.75) is 44.3 Å². The second-order valence-electron chi connectivity index (χ2n) is 8.31. The second-order valence-corrected chi connectivity index (χ2v) is 8.31. The Morgan fingerprint density at radius 2 is 1.79 bits per heavy atom. The number of fused-ring (bicyclic) bond motifs is 1. The molecule has 5 heteroatoms. The van der Waals surface area contributed by atoms with Crippen molar-refractivity contribution in [1.82, 2.24) is 24.3 Å². The van der Waals surface area contributed by atoms with Crippen LogP contribution in [0.25, 0.3) is 11.0 Å². The van der Waals surface area contributed by atoms with Gasteiger partial charge in [-0.25, -0.2) is 4.98 Å². The number of para-hydroxylation sites is 2. The third-order valence-electron chi connectivity index (χ3n) is 6.43. The smallest absolute Gasteiger partial charge is 0.127 e. The molecule has 1 unspecified atom stereocenters. The van der Waals surface area contributed by atoms with E-state index >= 15 is 0 Å². The number of benzene rings is 1. The molecule has 5 rings (SSSR count). The number of aromatic nitrogens is 3. The van der Waals surface area contributed by atoms with Crippen LogP contribution in [0.5, 0.6) is 0 Å². The molecule has 146 valence electrons. The van der Waals surface area contributed by atoms with Gasteiger partial charge in [0.2, 0.25) is 0 Å². The molecule has 0 amide bonds. The molecule has 2 aliphatic heterocycles. The molecule has 1 aromatic carbocycles. The van der Waals surface area contributed by atoms with Crippen molar-refractivity contribution in [2.75, 3.05) is 26.7 Å². The predicted octanol–water partition coefficient (Wildman–Crippen LogP) is 4.04. The zero-order chi connectivity index (χ0) is 18.9. The van der Waals surface area contributed by atoms with Crippen molar-refractivity contribution in [3.63, 3.8) is 0 Å². The van der Waals surface area contributed by atoms with E-state index in [2.05, 4.69) is 62.8 Å². The van der Waals surface area contributed by atoms with E-state index in [0.717, 1.165) is 24.3 Å². The first-order valence-corrected chi connectivity index (χ1v) is 10.6. The second kappa shape index (κ2) is 7.64. The molecule has 28 heavy (non-hydrogen) atoms. The summed E-state index contributed by atoms with van der Waals surface area (Å²) in [6, 6.07) is 15.8. The molecule has 1 atom stereocenters. The largest absolute Gasteiger partial charge is 0.323 e. The summed E-state index contributed by atoms with van der Waals surface area (Å²) in [4.78, 5) is 14.7. The molecule has 2 aromatic heterocycles. The van der Waals surface area contributed by atoms with Gasteiger partial charge >= 0.3 is 0 Å². The number of hydrogen-bond acceptors (Lipinski definition) is 4. The number of hydrogen-bond donors (Lipinski definition) is 0. The van der Waals surface area contributed by atoms with Crippen LogP contribution in [0, 0.1) is 0 Å². The topological polar surface area (TPSA) is 37.2 Å². The Morgan fingerprint density at radius 1 is 0.964 bits per heavy atom. The van der Waals surface area contributed by atoms with Crippen LogP contribution >= 0.6 is 0 Å². The Morgan fingerprint density at radius 3 is 2.61 bits per heavy atom. The molecule has 0 spiro atoms. The van der Waals surface area contributed by atoms with E-state index < -0.39 is 0 Å². The van der Waals surface area contributed by atoms with Crippen molar-refractivity contribution in [1.29, 1.82) is 0 Å². The van der Waals surface area contributed by atoms with Gasteiger partial charge in [0, 0.05) is 18.8 Å². The van der Waals surface area contributed by atoms with E-state index in [1.807, 2.05) is 12.3 Å². The molecule has 2 aliphatic rings. The Hall–Kier alpha value is -2.24. The maximum atomic E-state index is 5.17. The van der Waals surface area contributed by atoms with E-state index in [0.29, 0.717) is 12.1 Å². The van der Waals surface area contributed by atoms with E-state index in [1.54, 1.807) is 0 Å². The Bertz CT molecular complexity index is 927. The van der Waals surface area contributed by atoms with Crippen molar-refractivity contribution in [3.05, 3.63) is 60.2 Å². The van der Waals surface area contributed by atoms with Gasteiger partial charge in [-0.15, -0.1) is 0 Å². The van der Waals surface area contributed by atoms with Gasteiger partial charge in [-0.05, 0) is 76.6 Å². The number of imidazole rings is 1. The zero-order valence-corrected chi connectivity index (χ0v) is 16.7. The molecular weight excluding hydrogens is 346 g/mol. The number of piperidine rings is 1. The van der Waals surface area contributed by atoms with E-state index in [-0.39, 0.29) is 0 Å². The first-order valence-electron chi connectivity index (χ1n) is 10.6. The SMILES string of the molecule is CN1CCC(n2c(C3CCCN3Cc3ccccn3)nc3ccccc32)CC1. The lowest BCUT2D eigenvalue weighted by Crippen LogP contribution is -2.33. The zero-order valence-electron chi connectivity index (χ0n) is 16.7. The fourth-order valence-electron chi connectivity index (χ4n) is 4.94. The van der Waals surface area contributed by atoms with Gasteiger partial charge in [-0.3, -0.25) is 9.88 Å². The summed E-state index contributed by atoms with van der Waals surface area (Å²) in [6.45, 7) is 4.36. The van der Waals surface area contributed by atoms with Gasteiger partial charge in [-0.2, -0.15) is 0 Å². The van der Waals surface area contributed by atoms with Crippen LogP contribution in [-0.4, -0.2) is 51.0 Å². The van der Waals surface area contributed by atoms with E-state index in [9.17, 15) is 0 Å². The van der Waals surface area contributed by atoms with Gasteiger partial charge in [-0.1, -0.05) is 18.2 Å². The molecular formula is C23H29N5. The van der Waals surface area contributed by atoms with Crippen LogP contribution in [-0.2, 0) is 6.54 Å². The summed E-state index contributed by atoms with van der Waals surface area (Å²) in [7, 11) is 2.23. The van der Waals surface area contributed by atoms with E-state index in [1.165, 1.54) is 50.1 Å². The fraction of sp³-hybridized carbons (Fsp3) is 0.478. The van der Waals surface area contributed by atoms with Crippen molar-refractivity contribution in [2.24, 2.45) is 0 Å². The molecule has 0 radical (unpaired) electrons. The van der Waals surface area contributed by atoms with Crippen molar-refractivity contribution in [3.8, 4) is 0 Å². The van der Waals surface area contributed by atoms with Crippen LogP contribution < -0.4 is 0 Å². The monoisotopic (exact) mass is 375 g/mol. The highest BCUT2D eigenvalue weighted by Crippen LogP contribution is 2.37. The van der Waals surface area contributed by atoms with Crippen molar-refractivity contribution < 1.29 is 0 Å². The van der Waals surface area contributed by atoms with Crippen LogP contribution in [0.1, 0.15) is 49.3 Å². The first kappa shape index (κ1) is 17.8. The lowest BCUT2D eigenvalue weighted by Gasteiger charge is -2.33. The Kier molecular flexibility index (Phi) is 4.87. The molecule has 0 N–H and O–H groups in total. The summed E-state index contributed by atoms with van der Waals surface area (Å²) < 4.78 is 2.59. The molecule has 5 nitrogen and oxygen atoms in total. The van der Waals surface area contributed by atoms with Gasteiger partial charge < -0.3 is 9.47 Å². The minimum atomic E-state index is 0.383. The van der Waals surface area contributed by atoms with Crippen LogP contribution in [0.3, 0.4) is 0 Å². The average molecular weight is 376 g/mol. The summed E-state index contributed by atoms with van der Waals surface area (Å²) in [6.07, 6.45) is 6.72. The van der Waals surface area contributed by atoms with Crippen LogP contribution in [0.4, 0.5) is 0 Å². The first-order chi connectivity index (χ1) is 13.8. The summed E-state index contributed by atoms with van der Waals surface area (Å²) in [5, 5.41) is 0. The Balaban J connectivity index is 1.51. The number of likely N-dealkylation sites (tertiary alicyclic amines) is 2. The van der Waals surface area contributed by atoms with E-state index in [4.69, 9.17) is 4.98 Å². The minimum Gasteiger partial charge on any atom is -0.323 e. The number of pyridine rings is 1. The van der Waals surface area contributed by atoms with Gasteiger partial charge in [0.1, 0.15) is 5.82 Å². The van der Waals surface area contributed by atoms with Gasteiger partial charge in [0.25, 0.3) is 0 Å². The number of nitrogens with zero attached hydrogens (tertiary/aromatic N) is 5. The van der Waals surface area contributed by atoms with Crippen molar-refractivity contribution >= 4 is 11.0 Å². The summed E-state index contributed by atoms with van der Waals surface area (Å²) >= 11 is 0. The molecule has 2 saturated heterocycles. The quantitative estimate of drug-likeness (QED) is 0.690. The maximum absolute atomic E-state index is 5.17. The third kappa shape index (κ3) is 3.33. The molecule has 0 saturated carbocycles. The summed E-state index contributed by atoms with van der Waals surface area (Å²) in [5.74, 6) is 1.27. The molecule has 0 aliphatic carbocycles. The average Bonchev–Trinajstić information content (AvgIpc) is 3.33. The Labute approximate surface area is 167 Å². The van der Waals surface area contributed by atoms with Gasteiger partial charge in [0.15, 0.2) is 0 Å². The molecule has 3 aromatic rings. The lowest BCUT2D eigenvalue weighted by molar-refractivity contribution is 0.201. The normalized spacial score (nSPS) is 22.2. The van der Waals surface area contributed by atoms with Crippen LogP contribution in [0.2, 0.25) is 0 Å². The molecule has 4 heterocycles. The predicted molar refractivity (Wildman–Crippen MR) is 112 cm³/mol. The third-order valence-corrected chi connectivity index (χ3v) is 6.43. The van der Waals surface area contributed by atoms with Gasteiger partial charge in [0.05, 0.1) is 22.8 Å². The standard InChI is InChI=1S/C23H29N5/c1-26-15-11-19(12-16-26)28-21-9-3-2-8-20(21)25-23(28)22-10-6-14-27(22)17-18-7-4-5-13-24-18/h2-5,7-9,13,19,22H,6,10-12,14-17H2,1H3. The highest BCUT2D eigenvalue weighted by Gasteiger charge is 2.33. The number of rotatable bonds is 4. The molecule has 0 bridgehead atoms. The molecule has 2 fully saturated rings. The highest BCUT2D eigenvalue weighted by molar-refractivity contribution is 5.76. The maximum Gasteiger partial charge on any atom is 0.127 e.